The first kappa shape index (κ1) is 30.3. The van der Waals surface area contributed by atoms with Gasteiger partial charge >= 0.3 is 0 Å². The number of aliphatic imine (C=N–C) groups is 1. The van der Waals surface area contributed by atoms with Crippen LogP contribution in [0.3, 0.4) is 0 Å². The van der Waals surface area contributed by atoms with Gasteiger partial charge in [0, 0.05) is 30.0 Å². The number of ketones is 1. The minimum absolute atomic E-state index is 0.0128. The van der Waals surface area contributed by atoms with Gasteiger partial charge in [0.05, 0.1) is 44.7 Å². The molecule has 1 atom stereocenters. The van der Waals surface area contributed by atoms with E-state index in [1.165, 1.54) is 0 Å². The maximum Gasteiger partial charge on any atom is 0.256 e. The van der Waals surface area contributed by atoms with Crippen LogP contribution in [0.1, 0.15) is 68.7 Å². The fraction of sp³-hybridized carbons (Fsp3) is 0.256. The van der Waals surface area contributed by atoms with Crippen molar-refractivity contribution in [1.82, 2.24) is 4.90 Å². The van der Waals surface area contributed by atoms with Gasteiger partial charge in [0.25, 0.3) is 5.91 Å². The number of carbonyl (C=O) groups excluding carboxylic acids is 2. The molecule has 3 aliphatic rings. The molecule has 8 nitrogen and oxygen atoms in total. The van der Waals surface area contributed by atoms with Gasteiger partial charge in [-0.05, 0) is 72.2 Å². The number of rotatable bonds is 10. The summed E-state index contributed by atoms with van der Waals surface area (Å²) in [5, 5.41) is 0. The molecule has 1 saturated heterocycles. The van der Waals surface area contributed by atoms with Crippen LogP contribution in [0.25, 0.3) is 11.6 Å². The van der Waals surface area contributed by atoms with Crippen molar-refractivity contribution in [1.29, 1.82) is 0 Å². The van der Waals surface area contributed by atoms with Gasteiger partial charge < -0.3 is 23.8 Å². The molecule has 0 radical (unpaired) electrons. The molecule has 238 valence electrons. The predicted octanol–water partition coefficient (Wildman–Crippen LogP) is 7.40. The number of amides is 1. The molecule has 0 bridgehead atoms. The summed E-state index contributed by atoms with van der Waals surface area (Å²) in [6.07, 6.45) is 7.38. The molecule has 1 aliphatic carbocycles. The lowest BCUT2D eigenvalue weighted by Gasteiger charge is -2.21. The Bertz CT molecular complexity index is 1860. The zero-order valence-corrected chi connectivity index (χ0v) is 26.5. The fourth-order valence-corrected chi connectivity index (χ4v) is 6.53. The van der Waals surface area contributed by atoms with E-state index in [4.69, 9.17) is 18.9 Å². The Kier molecular flexibility index (Phi) is 8.48. The molecule has 0 saturated carbocycles. The maximum absolute atomic E-state index is 13.2. The number of ether oxygens (including phenoxy) is 4. The molecule has 1 fully saturated rings. The normalized spacial score (nSPS) is 16.1. The van der Waals surface area contributed by atoms with E-state index in [1.54, 1.807) is 26.4 Å². The van der Waals surface area contributed by atoms with Crippen molar-refractivity contribution in [3.63, 3.8) is 0 Å². The first-order valence-electron chi connectivity index (χ1n) is 16.0. The first-order valence-corrected chi connectivity index (χ1v) is 16.0. The molecule has 2 heterocycles. The highest BCUT2D eigenvalue weighted by Crippen LogP contribution is 2.40. The van der Waals surface area contributed by atoms with Gasteiger partial charge in [-0.1, -0.05) is 54.6 Å². The minimum Gasteiger partial charge on any atom is -0.493 e. The molecule has 0 aromatic heterocycles. The summed E-state index contributed by atoms with van der Waals surface area (Å²) in [5.41, 5.74) is 6.32. The van der Waals surface area contributed by atoms with E-state index >= 15 is 0 Å². The van der Waals surface area contributed by atoms with E-state index in [2.05, 4.69) is 11.1 Å². The van der Waals surface area contributed by atoms with Crippen LogP contribution in [-0.2, 0) is 0 Å². The number of fused-ring (bicyclic) bond motifs is 4. The van der Waals surface area contributed by atoms with Crippen molar-refractivity contribution in [2.45, 2.75) is 31.7 Å². The van der Waals surface area contributed by atoms with Crippen molar-refractivity contribution < 1.29 is 28.5 Å². The average molecular weight is 629 g/mol. The third-order valence-corrected chi connectivity index (χ3v) is 8.93. The van der Waals surface area contributed by atoms with Gasteiger partial charge in [0.2, 0.25) is 0 Å². The summed E-state index contributed by atoms with van der Waals surface area (Å²) in [6.45, 7) is 1.67. The number of hydrogen-bond acceptors (Lipinski definition) is 7. The van der Waals surface area contributed by atoms with E-state index in [9.17, 15) is 9.59 Å². The second-order valence-electron chi connectivity index (χ2n) is 11.8. The zero-order chi connectivity index (χ0) is 32.3. The van der Waals surface area contributed by atoms with E-state index in [1.807, 2.05) is 77.8 Å². The molecule has 2 aliphatic heterocycles. The Morgan fingerprint density at radius 2 is 1.38 bits per heavy atom. The first-order chi connectivity index (χ1) is 23.1. The van der Waals surface area contributed by atoms with E-state index in [-0.39, 0.29) is 17.7 Å². The van der Waals surface area contributed by atoms with Crippen molar-refractivity contribution in [2.24, 2.45) is 4.99 Å². The van der Waals surface area contributed by atoms with E-state index < -0.39 is 0 Å². The molecule has 4 aromatic carbocycles. The average Bonchev–Trinajstić information content (AvgIpc) is 3.54. The lowest BCUT2D eigenvalue weighted by atomic mass is 9.81. The Morgan fingerprint density at radius 3 is 2.04 bits per heavy atom. The lowest BCUT2D eigenvalue weighted by molar-refractivity contribution is 0.0774. The van der Waals surface area contributed by atoms with Gasteiger partial charge in [-0.25, -0.2) is 0 Å². The maximum atomic E-state index is 13.2. The number of nitrogens with zero attached hydrogens (tertiary/aromatic N) is 2. The summed E-state index contributed by atoms with van der Waals surface area (Å²) in [4.78, 5) is 32.8. The highest BCUT2D eigenvalue weighted by atomic mass is 16.5. The monoisotopic (exact) mass is 628 g/mol. The Hall–Kier alpha value is -5.37. The lowest BCUT2D eigenvalue weighted by Crippen LogP contribution is -2.35. The molecule has 0 N–H and O–H groups in total. The number of methoxy groups -OCH3 is 2. The Balaban J connectivity index is 1.01. The van der Waals surface area contributed by atoms with Crippen molar-refractivity contribution in [2.75, 3.05) is 34.0 Å². The van der Waals surface area contributed by atoms with Crippen LogP contribution in [0.5, 0.6) is 23.0 Å². The van der Waals surface area contributed by atoms with Gasteiger partial charge in [-0.15, -0.1) is 0 Å². The van der Waals surface area contributed by atoms with Crippen LogP contribution in [-0.4, -0.2) is 62.8 Å². The topological polar surface area (TPSA) is 86.7 Å². The predicted molar refractivity (Wildman–Crippen MR) is 182 cm³/mol. The summed E-state index contributed by atoms with van der Waals surface area (Å²) in [5.74, 6) is 2.40. The number of unbranched alkanes of at least 4 members (excludes halogenated alkanes) is 1. The summed E-state index contributed by atoms with van der Waals surface area (Å²) in [7, 11) is 3.21. The van der Waals surface area contributed by atoms with Crippen molar-refractivity contribution in [3.8, 4) is 23.0 Å². The molecule has 8 heteroatoms. The van der Waals surface area contributed by atoms with Crippen molar-refractivity contribution >= 4 is 35.2 Å². The van der Waals surface area contributed by atoms with Crippen LogP contribution in [0.15, 0.2) is 83.9 Å². The van der Waals surface area contributed by atoms with Crippen LogP contribution in [0.4, 0.5) is 5.69 Å². The smallest absolute Gasteiger partial charge is 0.256 e. The van der Waals surface area contributed by atoms with Gasteiger partial charge in [-0.3, -0.25) is 14.6 Å². The zero-order valence-electron chi connectivity index (χ0n) is 26.5. The molecule has 0 spiro atoms. The van der Waals surface area contributed by atoms with Crippen LogP contribution < -0.4 is 18.9 Å². The van der Waals surface area contributed by atoms with Crippen LogP contribution in [0.2, 0.25) is 0 Å². The Morgan fingerprint density at radius 1 is 0.745 bits per heavy atom. The Labute approximate surface area is 274 Å². The van der Waals surface area contributed by atoms with E-state index in [0.717, 1.165) is 54.5 Å². The van der Waals surface area contributed by atoms with Gasteiger partial charge in [0.1, 0.15) is 0 Å². The highest BCUT2D eigenvalue weighted by molar-refractivity contribution is 6.20. The molecule has 47 heavy (non-hydrogen) atoms. The second-order valence-corrected chi connectivity index (χ2v) is 11.8. The molecule has 1 amide bonds. The summed E-state index contributed by atoms with van der Waals surface area (Å²) >= 11 is 0. The minimum atomic E-state index is -0.0128. The van der Waals surface area contributed by atoms with E-state index in [0.29, 0.717) is 58.6 Å². The van der Waals surface area contributed by atoms with Crippen LogP contribution in [0, 0.1) is 0 Å². The van der Waals surface area contributed by atoms with Gasteiger partial charge in [0.15, 0.2) is 28.8 Å². The summed E-state index contributed by atoms with van der Waals surface area (Å²) in [6, 6.07) is 24.9. The SMILES string of the molecule is COc1ccc(C=C2c3ccccc3C(=O)c3ccccc32)cc1OCCCCOc1cc2c(cc1OC)C(=O)N1CCC[C@H]1C=N2. The largest absolute Gasteiger partial charge is 0.493 e. The third kappa shape index (κ3) is 5.87. The highest BCUT2D eigenvalue weighted by Gasteiger charge is 2.32. The van der Waals surface area contributed by atoms with Crippen molar-refractivity contribution in [3.05, 3.63) is 112 Å². The summed E-state index contributed by atoms with van der Waals surface area (Å²) < 4.78 is 23.5. The third-order valence-electron chi connectivity index (χ3n) is 8.93. The molecule has 4 aromatic rings. The quantitative estimate of drug-likeness (QED) is 0.150. The van der Waals surface area contributed by atoms with Gasteiger partial charge in [-0.2, -0.15) is 0 Å². The molecule has 0 unspecified atom stereocenters. The molecule has 7 rings (SSSR count). The number of hydrogen-bond donors (Lipinski definition) is 0. The standard InChI is InChI=1S/C39H36N2O6/c1-44-34-16-15-25(20-31-27-11-3-5-13-29(27)38(42)30-14-6-4-12-28(30)31)21-36(34)46-18-7-8-19-47-37-23-33-32(22-35(37)45-2)39(43)41-17-9-10-26(41)24-40-33/h3-6,11-16,20-24,26H,7-10,17-19H2,1-2H3/t26-/m0/s1. The number of benzene rings is 4. The fourth-order valence-electron chi connectivity index (χ4n) is 6.53. The van der Waals surface area contributed by atoms with Crippen LogP contribution >= 0.6 is 0 Å². The molecular weight excluding hydrogens is 592 g/mol. The number of carbonyl (C=O) groups is 2. The second kappa shape index (κ2) is 13.2. The molecular formula is C39H36N2O6.